The largest absolute Gasteiger partial charge is 0.497 e. The van der Waals surface area contributed by atoms with E-state index >= 15 is 0 Å². The molecule has 0 atom stereocenters. The Kier molecular flexibility index (Phi) is 4.70. The monoisotopic (exact) mass is 275 g/mol. The smallest absolute Gasteiger partial charge is 0.303 e. The summed E-state index contributed by atoms with van der Waals surface area (Å²) in [5.41, 5.74) is 1.74. The molecule has 0 unspecified atom stereocenters. The number of carboxylic acids is 1. The summed E-state index contributed by atoms with van der Waals surface area (Å²) in [7, 11) is 1.62. The van der Waals surface area contributed by atoms with Crippen molar-refractivity contribution in [3.8, 4) is 11.4 Å². The zero-order valence-electron chi connectivity index (χ0n) is 11.3. The molecule has 0 aliphatic carbocycles. The average molecular weight is 275 g/mol. The summed E-state index contributed by atoms with van der Waals surface area (Å²) in [6.45, 7) is 0. The third-order valence-electron chi connectivity index (χ3n) is 2.93. The summed E-state index contributed by atoms with van der Waals surface area (Å²) in [5.74, 6) is 0.00560. The summed E-state index contributed by atoms with van der Waals surface area (Å²) in [4.78, 5) is 10.4. The second-order valence-electron chi connectivity index (χ2n) is 4.46. The van der Waals surface area contributed by atoms with Gasteiger partial charge < -0.3 is 9.84 Å². The van der Waals surface area contributed by atoms with Gasteiger partial charge in [0.25, 0.3) is 0 Å². The number of hydrogen-bond donors (Lipinski definition) is 1. The number of rotatable bonds is 7. The molecule has 1 aromatic carbocycles. The molecule has 0 aliphatic heterocycles. The number of aryl methyl sites for hydroxylation is 1. The third kappa shape index (κ3) is 3.81. The Balaban J connectivity index is 1.96. The van der Waals surface area contributed by atoms with Crippen LogP contribution in [0.2, 0.25) is 0 Å². The van der Waals surface area contributed by atoms with E-state index in [0.29, 0.717) is 6.42 Å². The molecule has 2 aromatic rings. The fraction of sp³-hybridized carbons (Fsp3) is 0.357. The molecule has 6 nitrogen and oxygen atoms in total. The Morgan fingerprint density at radius 2 is 2.25 bits per heavy atom. The minimum absolute atomic E-state index is 0.198. The molecule has 0 amide bonds. The van der Waals surface area contributed by atoms with Gasteiger partial charge in [-0.15, -0.1) is 5.10 Å². The predicted octanol–water partition coefficient (Wildman–Crippen LogP) is 2.07. The Labute approximate surface area is 117 Å². The van der Waals surface area contributed by atoms with Crippen LogP contribution in [0.25, 0.3) is 5.69 Å². The zero-order chi connectivity index (χ0) is 14.4. The number of carbonyl (C=O) groups is 1. The van der Waals surface area contributed by atoms with Gasteiger partial charge in [0.05, 0.1) is 24.7 Å². The molecule has 2 rings (SSSR count). The molecule has 1 aromatic heterocycles. The number of ether oxygens (including phenoxy) is 1. The van der Waals surface area contributed by atoms with E-state index in [2.05, 4.69) is 10.3 Å². The standard InChI is InChI=1S/C14H17N3O3/c1-20-13-7-4-6-12(9-13)17-10-11(15-16-17)5-2-3-8-14(18)19/h4,6-7,9-10H,2-3,5,8H2,1H3,(H,18,19). The second kappa shape index (κ2) is 6.70. The van der Waals surface area contributed by atoms with E-state index in [4.69, 9.17) is 9.84 Å². The van der Waals surface area contributed by atoms with Gasteiger partial charge in [-0.3, -0.25) is 4.79 Å². The van der Waals surface area contributed by atoms with Crippen molar-refractivity contribution in [3.05, 3.63) is 36.2 Å². The number of aliphatic carboxylic acids is 1. The average Bonchev–Trinajstić information content (AvgIpc) is 2.92. The second-order valence-corrected chi connectivity index (χ2v) is 4.46. The van der Waals surface area contributed by atoms with Gasteiger partial charge in [0.1, 0.15) is 5.75 Å². The summed E-state index contributed by atoms with van der Waals surface area (Å²) in [6.07, 6.45) is 4.24. The third-order valence-corrected chi connectivity index (χ3v) is 2.93. The quantitative estimate of drug-likeness (QED) is 0.783. The zero-order valence-corrected chi connectivity index (χ0v) is 11.3. The first-order chi connectivity index (χ1) is 9.69. The molecule has 0 aliphatic rings. The van der Waals surface area contributed by atoms with E-state index in [1.165, 1.54) is 0 Å². The predicted molar refractivity (Wildman–Crippen MR) is 73.1 cm³/mol. The topological polar surface area (TPSA) is 77.2 Å². The molecule has 0 spiro atoms. The van der Waals surface area contributed by atoms with Crippen LogP contribution in [-0.4, -0.2) is 33.2 Å². The van der Waals surface area contributed by atoms with E-state index in [1.54, 1.807) is 11.8 Å². The summed E-state index contributed by atoms with van der Waals surface area (Å²) >= 11 is 0. The lowest BCUT2D eigenvalue weighted by Gasteiger charge is -2.02. The van der Waals surface area contributed by atoms with Gasteiger partial charge in [-0.25, -0.2) is 4.68 Å². The summed E-state index contributed by atoms with van der Waals surface area (Å²) in [6, 6.07) is 7.56. The van der Waals surface area contributed by atoms with Gasteiger partial charge in [-0.1, -0.05) is 11.3 Å². The SMILES string of the molecule is COc1cccc(-n2cc(CCCCC(=O)O)nn2)c1. The first-order valence-electron chi connectivity index (χ1n) is 6.46. The molecule has 0 fully saturated rings. The van der Waals surface area contributed by atoms with Crippen LogP contribution >= 0.6 is 0 Å². The number of methoxy groups -OCH3 is 1. The number of unbranched alkanes of at least 4 members (excludes halogenated alkanes) is 1. The van der Waals surface area contributed by atoms with E-state index < -0.39 is 5.97 Å². The maximum Gasteiger partial charge on any atom is 0.303 e. The molecule has 1 heterocycles. The molecule has 20 heavy (non-hydrogen) atoms. The van der Waals surface area contributed by atoms with Crippen LogP contribution in [-0.2, 0) is 11.2 Å². The number of hydrogen-bond acceptors (Lipinski definition) is 4. The molecular formula is C14H17N3O3. The van der Waals surface area contributed by atoms with Gasteiger partial charge in [-0.05, 0) is 31.4 Å². The van der Waals surface area contributed by atoms with Gasteiger partial charge in [0, 0.05) is 12.5 Å². The highest BCUT2D eigenvalue weighted by molar-refractivity contribution is 5.66. The summed E-state index contributed by atoms with van der Waals surface area (Å²) < 4.78 is 6.86. The van der Waals surface area contributed by atoms with Crippen LogP contribution < -0.4 is 4.74 Å². The fourth-order valence-corrected chi connectivity index (χ4v) is 1.87. The van der Waals surface area contributed by atoms with Gasteiger partial charge >= 0.3 is 5.97 Å². The van der Waals surface area contributed by atoms with Gasteiger partial charge in [-0.2, -0.15) is 0 Å². The van der Waals surface area contributed by atoms with Gasteiger partial charge in [0.2, 0.25) is 0 Å². The van der Waals surface area contributed by atoms with Crippen LogP contribution in [0, 0.1) is 0 Å². The Morgan fingerprint density at radius 3 is 3.00 bits per heavy atom. The molecule has 0 radical (unpaired) electrons. The van der Waals surface area contributed by atoms with Crippen molar-refractivity contribution in [2.24, 2.45) is 0 Å². The summed E-state index contributed by atoms with van der Waals surface area (Å²) in [5, 5.41) is 16.7. The fourth-order valence-electron chi connectivity index (χ4n) is 1.87. The van der Waals surface area contributed by atoms with Crippen molar-refractivity contribution < 1.29 is 14.6 Å². The minimum atomic E-state index is -0.759. The lowest BCUT2D eigenvalue weighted by atomic mass is 10.1. The number of benzene rings is 1. The molecular weight excluding hydrogens is 258 g/mol. The number of aromatic nitrogens is 3. The highest BCUT2D eigenvalue weighted by atomic mass is 16.5. The van der Waals surface area contributed by atoms with Crippen molar-refractivity contribution >= 4 is 5.97 Å². The highest BCUT2D eigenvalue weighted by Crippen LogP contribution is 2.16. The normalized spacial score (nSPS) is 10.4. The Morgan fingerprint density at radius 1 is 1.40 bits per heavy atom. The van der Waals surface area contributed by atoms with Crippen molar-refractivity contribution in [3.63, 3.8) is 0 Å². The minimum Gasteiger partial charge on any atom is -0.497 e. The molecule has 0 bridgehead atoms. The molecule has 1 N–H and O–H groups in total. The van der Waals surface area contributed by atoms with Crippen LogP contribution in [0.5, 0.6) is 5.75 Å². The van der Waals surface area contributed by atoms with E-state index in [0.717, 1.165) is 30.0 Å². The van der Waals surface area contributed by atoms with Crippen LogP contribution in [0.1, 0.15) is 25.0 Å². The maximum absolute atomic E-state index is 10.4. The van der Waals surface area contributed by atoms with Crippen molar-refractivity contribution in [1.29, 1.82) is 0 Å². The van der Waals surface area contributed by atoms with Crippen molar-refractivity contribution in [1.82, 2.24) is 15.0 Å². The van der Waals surface area contributed by atoms with E-state index in [1.807, 2.05) is 30.5 Å². The molecule has 6 heteroatoms. The van der Waals surface area contributed by atoms with Gasteiger partial charge in [0.15, 0.2) is 0 Å². The lowest BCUT2D eigenvalue weighted by Crippen LogP contribution is -1.95. The Bertz CT molecular complexity index is 581. The van der Waals surface area contributed by atoms with Crippen molar-refractivity contribution in [2.75, 3.05) is 7.11 Å². The molecule has 0 saturated carbocycles. The number of carboxylic acid groups (broad SMARTS) is 1. The molecule has 0 saturated heterocycles. The van der Waals surface area contributed by atoms with Crippen LogP contribution in [0.3, 0.4) is 0 Å². The number of nitrogens with zero attached hydrogens (tertiary/aromatic N) is 3. The first kappa shape index (κ1) is 14.0. The van der Waals surface area contributed by atoms with E-state index in [9.17, 15) is 4.79 Å². The first-order valence-corrected chi connectivity index (χ1v) is 6.46. The van der Waals surface area contributed by atoms with Crippen LogP contribution in [0.15, 0.2) is 30.5 Å². The molecule has 106 valence electrons. The Hall–Kier alpha value is -2.37. The van der Waals surface area contributed by atoms with Crippen molar-refractivity contribution in [2.45, 2.75) is 25.7 Å². The highest BCUT2D eigenvalue weighted by Gasteiger charge is 2.04. The maximum atomic E-state index is 10.4. The van der Waals surface area contributed by atoms with Crippen LogP contribution in [0.4, 0.5) is 0 Å². The lowest BCUT2D eigenvalue weighted by molar-refractivity contribution is -0.137. The van der Waals surface area contributed by atoms with E-state index in [-0.39, 0.29) is 6.42 Å².